The molecule has 0 aliphatic carbocycles. The first kappa shape index (κ1) is 15.8. The van der Waals surface area contributed by atoms with E-state index in [4.69, 9.17) is 9.84 Å². The maximum Gasteiger partial charge on any atom is 0.345 e. The van der Waals surface area contributed by atoms with E-state index in [0.717, 1.165) is 48.7 Å². The second kappa shape index (κ2) is 7.02. The fourth-order valence-corrected chi connectivity index (χ4v) is 4.91. The molecule has 2 atom stereocenters. The lowest BCUT2D eigenvalue weighted by atomic mass is 10.1. The van der Waals surface area contributed by atoms with Crippen LogP contribution in [0, 0.1) is 0 Å². The van der Waals surface area contributed by atoms with Gasteiger partial charge >= 0.3 is 5.97 Å². The molecule has 2 aliphatic rings. The third kappa shape index (κ3) is 3.47. The predicted molar refractivity (Wildman–Crippen MR) is 87.0 cm³/mol. The van der Waals surface area contributed by atoms with Gasteiger partial charge in [0.15, 0.2) is 0 Å². The average molecular weight is 341 g/mol. The Kier molecular flexibility index (Phi) is 5.05. The molecule has 5 nitrogen and oxygen atoms in total. The van der Waals surface area contributed by atoms with E-state index in [9.17, 15) is 9.59 Å². The molecule has 3 rings (SSSR count). The van der Waals surface area contributed by atoms with Crippen molar-refractivity contribution in [2.45, 2.75) is 31.4 Å². The smallest absolute Gasteiger partial charge is 0.345 e. The standard InChI is InChI=1S/C15H19NO4S2/c17-14(12-3-4-13(22-12)15(18)19)16(10-5-7-21-9-10)8-11-2-1-6-20-11/h3-4,10-11H,1-2,5-9H2,(H,18,19)/t10-,11+/m0/s1. The molecule has 3 heterocycles. The number of thioether (sulfide) groups is 1. The number of carboxylic acids is 1. The monoisotopic (exact) mass is 341 g/mol. The first-order valence-corrected chi connectivity index (χ1v) is 9.45. The second-order valence-electron chi connectivity index (χ2n) is 5.58. The summed E-state index contributed by atoms with van der Waals surface area (Å²) in [7, 11) is 0. The largest absolute Gasteiger partial charge is 0.477 e. The maximum atomic E-state index is 12.8. The van der Waals surface area contributed by atoms with E-state index in [-0.39, 0.29) is 22.9 Å². The lowest BCUT2D eigenvalue weighted by molar-refractivity contribution is 0.0445. The molecule has 0 aromatic carbocycles. The van der Waals surface area contributed by atoms with E-state index in [2.05, 4.69) is 0 Å². The van der Waals surface area contributed by atoms with Crippen LogP contribution >= 0.6 is 23.1 Å². The lowest BCUT2D eigenvalue weighted by Gasteiger charge is -2.30. The van der Waals surface area contributed by atoms with Crippen LogP contribution < -0.4 is 0 Å². The van der Waals surface area contributed by atoms with Crippen molar-refractivity contribution >= 4 is 35.0 Å². The van der Waals surface area contributed by atoms with Crippen LogP contribution in [0.2, 0.25) is 0 Å². The molecular weight excluding hydrogens is 322 g/mol. The predicted octanol–water partition coefficient (Wildman–Crippen LogP) is 2.57. The molecule has 0 bridgehead atoms. The number of rotatable bonds is 5. The molecule has 1 amide bonds. The minimum atomic E-state index is -0.980. The van der Waals surface area contributed by atoms with Gasteiger partial charge < -0.3 is 14.7 Å². The normalized spacial score (nSPS) is 24.5. The van der Waals surface area contributed by atoms with Crippen molar-refractivity contribution in [1.82, 2.24) is 4.90 Å². The minimum Gasteiger partial charge on any atom is -0.477 e. The van der Waals surface area contributed by atoms with Crippen molar-refractivity contribution in [3.05, 3.63) is 21.9 Å². The van der Waals surface area contributed by atoms with Gasteiger partial charge in [0.25, 0.3) is 5.91 Å². The Labute approximate surface area is 137 Å². The highest BCUT2D eigenvalue weighted by atomic mass is 32.2. The molecule has 2 fully saturated rings. The Balaban J connectivity index is 1.76. The summed E-state index contributed by atoms with van der Waals surface area (Å²) in [5, 5.41) is 9.02. The number of carboxylic acid groups (broad SMARTS) is 1. The van der Waals surface area contributed by atoms with E-state index in [0.29, 0.717) is 11.4 Å². The van der Waals surface area contributed by atoms with E-state index >= 15 is 0 Å². The summed E-state index contributed by atoms with van der Waals surface area (Å²) in [5.74, 6) is 0.993. The fraction of sp³-hybridized carbons (Fsp3) is 0.600. The Morgan fingerprint density at radius 3 is 2.73 bits per heavy atom. The molecule has 1 aromatic heterocycles. The molecule has 120 valence electrons. The zero-order valence-corrected chi connectivity index (χ0v) is 13.8. The van der Waals surface area contributed by atoms with Crippen LogP contribution in [0.25, 0.3) is 0 Å². The van der Waals surface area contributed by atoms with E-state index in [1.165, 1.54) is 6.07 Å². The molecule has 2 saturated heterocycles. The van der Waals surface area contributed by atoms with Crippen LogP contribution in [-0.4, -0.2) is 58.7 Å². The molecular formula is C15H19NO4S2. The quantitative estimate of drug-likeness (QED) is 0.891. The highest BCUT2D eigenvalue weighted by molar-refractivity contribution is 7.99. The number of carbonyl (C=O) groups excluding carboxylic acids is 1. The number of ether oxygens (including phenoxy) is 1. The molecule has 1 N–H and O–H groups in total. The summed E-state index contributed by atoms with van der Waals surface area (Å²) in [6, 6.07) is 3.37. The van der Waals surface area contributed by atoms with Gasteiger partial charge in [-0.15, -0.1) is 11.3 Å². The Bertz CT molecular complexity index is 547. The van der Waals surface area contributed by atoms with Gasteiger partial charge in [0.2, 0.25) is 0 Å². The highest BCUT2D eigenvalue weighted by Gasteiger charge is 2.32. The number of thiophene rings is 1. The molecule has 0 saturated carbocycles. The summed E-state index contributed by atoms with van der Waals surface area (Å²) in [4.78, 5) is 26.5. The zero-order valence-electron chi connectivity index (χ0n) is 12.2. The molecule has 2 aliphatic heterocycles. The maximum absolute atomic E-state index is 12.8. The summed E-state index contributed by atoms with van der Waals surface area (Å²) in [6.45, 7) is 1.39. The lowest BCUT2D eigenvalue weighted by Crippen LogP contribution is -2.44. The Hall–Kier alpha value is -1.05. The van der Waals surface area contributed by atoms with Gasteiger partial charge in [-0.1, -0.05) is 0 Å². The van der Waals surface area contributed by atoms with Crippen LogP contribution in [0.4, 0.5) is 0 Å². The van der Waals surface area contributed by atoms with Crippen molar-refractivity contribution in [3.8, 4) is 0 Å². The Morgan fingerprint density at radius 2 is 2.14 bits per heavy atom. The third-order valence-electron chi connectivity index (χ3n) is 4.06. The van der Waals surface area contributed by atoms with Crippen molar-refractivity contribution in [3.63, 3.8) is 0 Å². The van der Waals surface area contributed by atoms with Gasteiger partial charge in [0.05, 0.1) is 11.0 Å². The molecule has 0 spiro atoms. The van der Waals surface area contributed by atoms with Crippen LogP contribution in [-0.2, 0) is 4.74 Å². The first-order chi connectivity index (χ1) is 10.6. The van der Waals surface area contributed by atoms with Crippen LogP contribution in [0.15, 0.2) is 12.1 Å². The summed E-state index contributed by atoms with van der Waals surface area (Å²) >= 11 is 2.92. The van der Waals surface area contributed by atoms with Crippen molar-refractivity contribution in [2.24, 2.45) is 0 Å². The van der Waals surface area contributed by atoms with Gasteiger partial charge in [-0.3, -0.25) is 4.79 Å². The van der Waals surface area contributed by atoms with Gasteiger partial charge in [-0.05, 0) is 37.1 Å². The third-order valence-corrected chi connectivity index (χ3v) is 6.27. The first-order valence-electron chi connectivity index (χ1n) is 7.48. The fourth-order valence-electron chi connectivity index (χ4n) is 2.88. The number of hydrogen-bond donors (Lipinski definition) is 1. The van der Waals surface area contributed by atoms with Crippen LogP contribution in [0.1, 0.15) is 38.6 Å². The van der Waals surface area contributed by atoms with E-state index in [1.54, 1.807) is 6.07 Å². The molecule has 0 unspecified atom stereocenters. The number of carbonyl (C=O) groups is 2. The van der Waals surface area contributed by atoms with Gasteiger partial charge in [-0.2, -0.15) is 11.8 Å². The summed E-state index contributed by atoms with van der Waals surface area (Å²) in [6.07, 6.45) is 3.16. The van der Waals surface area contributed by atoms with Crippen LogP contribution in [0.5, 0.6) is 0 Å². The average Bonchev–Trinajstić information content (AvgIpc) is 3.24. The number of nitrogens with zero attached hydrogens (tertiary/aromatic N) is 1. The summed E-state index contributed by atoms with van der Waals surface area (Å²) < 4.78 is 5.68. The molecule has 0 radical (unpaired) electrons. The SMILES string of the molecule is O=C(O)c1ccc(C(=O)N(C[C@H]2CCCO2)[C@H]2CCSC2)s1. The van der Waals surface area contributed by atoms with E-state index in [1.807, 2.05) is 16.7 Å². The van der Waals surface area contributed by atoms with E-state index < -0.39 is 5.97 Å². The second-order valence-corrected chi connectivity index (χ2v) is 7.81. The van der Waals surface area contributed by atoms with Crippen molar-refractivity contribution in [1.29, 1.82) is 0 Å². The number of hydrogen-bond acceptors (Lipinski definition) is 5. The van der Waals surface area contributed by atoms with Gasteiger partial charge in [0.1, 0.15) is 4.88 Å². The van der Waals surface area contributed by atoms with Crippen molar-refractivity contribution < 1.29 is 19.4 Å². The van der Waals surface area contributed by atoms with Crippen molar-refractivity contribution in [2.75, 3.05) is 24.7 Å². The topological polar surface area (TPSA) is 66.8 Å². The Morgan fingerprint density at radius 1 is 1.32 bits per heavy atom. The number of aromatic carboxylic acids is 1. The molecule has 7 heteroatoms. The van der Waals surface area contributed by atoms with Gasteiger partial charge in [-0.25, -0.2) is 4.79 Å². The highest BCUT2D eigenvalue weighted by Crippen LogP contribution is 2.27. The number of amides is 1. The molecule has 22 heavy (non-hydrogen) atoms. The van der Waals surface area contributed by atoms with Gasteiger partial charge in [0, 0.05) is 24.9 Å². The van der Waals surface area contributed by atoms with Crippen LogP contribution in [0.3, 0.4) is 0 Å². The zero-order chi connectivity index (χ0) is 15.5. The molecule has 1 aromatic rings. The minimum absolute atomic E-state index is 0.0551. The summed E-state index contributed by atoms with van der Waals surface area (Å²) in [5.41, 5.74) is 0.